The van der Waals surface area contributed by atoms with E-state index < -0.39 is 0 Å². The van der Waals surface area contributed by atoms with Crippen LogP contribution in [0.25, 0.3) is 17.1 Å². The first kappa shape index (κ1) is 16.4. The van der Waals surface area contributed by atoms with Gasteiger partial charge in [0.2, 0.25) is 5.82 Å². The van der Waals surface area contributed by atoms with Crippen molar-refractivity contribution in [1.29, 1.82) is 5.26 Å². The SMILES string of the molecule is Cc1cccc(-n2nc(C(=O)N(C)CC#N)nc2-c2ccccc2)c1. The van der Waals surface area contributed by atoms with Gasteiger partial charge < -0.3 is 4.90 Å². The molecule has 0 saturated heterocycles. The highest BCUT2D eigenvalue weighted by Crippen LogP contribution is 2.22. The summed E-state index contributed by atoms with van der Waals surface area (Å²) in [7, 11) is 1.56. The molecule has 0 aliphatic rings. The molecule has 0 saturated carbocycles. The second-order valence-corrected chi connectivity index (χ2v) is 5.70. The number of rotatable bonds is 4. The Kier molecular flexibility index (Phi) is 4.57. The monoisotopic (exact) mass is 331 g/mol. The number of nitriles is 1. The molecule has 3 rings (SSSR count). The van der Waals surface area contributed by atoms with Gasteiger partial charge in [0.15, 0.2) is 5.82 Å². The minimum absolute atomic E-state index is 0.0154. The summed E-state index contributed by atoms with van der Waals surface area (Å²) in [5.41, 5.74) is 2.77. The quantitative estimate of drug-likeness (QED) is 0.689. The summed E-state index contributed by atoms with van der Waals surface area (Å²) in [5.74, 6) is 0.267. The van der Waals surface area contributed by atoms with Crippen molar-refractivity contribution >= 4 is 5.91 Å². The lowest BCUT2D eigenvalue weighted by molar-refractivity contribution is 0.0800. The molecule has 0 radical (unpaired) electrons. The molecular weight excluding hydrogens is 314 g/mol. The summed E-state index contributed by atoms with van der Waals surface area (Å²) in [6.07, 6.45) is 0. The van der Waals surface area contributed by atoms with E-state index in [1.54, 1.807) is 11.7 Å². The molecule has 0 N–H and O–H groups in total. The third-order valence-corrected chi connectivity index (χ3v) is 3.73. The topological polar surface area (TPSA) is 74.8 Å². The fourth-order valence-corrected chi connectivity index (χ4v) is 2.47. The molecule has 0 unspecified atom stereocenters. The zero-order valence-corrected chi connectivity index (χ0v) is 14.0. The van der Waals surface area contributed by atoms with Crippen molar-refractivity contribution in [3.05, 3.63) is 66.0 Å². The minimum atomic E-state index is -0.384. The Morgan fingerprint density at radius 1 is 1.20 bits per heavy atom. The van der Waals surface area contributed by atoms with Crippen molar-refractivity contribution in [2.45, 2.75) is 6.92 Å². The lowest BCUT2D eigenvalue weighted by Gasteiger charge is -2.09. The van der Waals surface area contributed by atoms with E-state index in [9.17, 15) is 4.79 Å². The van der Waals surface area contributed by atoms with Crippen LogP contribution in [-0.4, -0.2) is 39.2 Å². The molecule has 2 aromatic carbocycles. The van der Waals surface area contributed by atoms with Gasteiger partial charge in [-0.2, -0.15) is 5.26 Å². The van der Waals surface area contributed by atoms with Gasteiger partial charge in [0, 0.05) is 12.6 Å². The molecule has 6 heteroatoms. The summed E-state index contributed by atoms with van der Waals surface area (Å²) in [4.78, 5) is 18.2. The molecule has 0 aliphatic heterocycles. The van der Waals surface area contributed by atoms with Gasteiger partial charge in [-0.05, 0) is 24.6 Å². The first-order valence-electron chi connectivity index (χ1n) is 7.82. The van der Waals surface area contributed by atoms with Gasteiger partial charge in [-0.25, -0.2) is 9.67 Å². The van der Waals surface area contributed by atoms with Crippen LogP contribution in [0.5, 0.6) is 0 Å². The molecule has 0 atom stereocenters. The standard InChI is InChI=1S/C19H17N5O/c1-14-7-6-10-16(13-14)24-18(15-8-4-3-5-9-15)21-17(22-24)19(25)23(2)12-11-20/h3-10,13H,12H2,1-2H3. The van der Waals surface area contributed by atoms with E-state index in [1.165, 1.54) is 4.90 Å². The average Bonchev–Trinajstić information content (AvgIpc) is 3.07. The summed E-state index contributed by atoms with van der Waals surface area (Å²) in [5, 5.41) is 13.2. The van der Waals surface area contributed by atoms with Crippen LogP contribution in [0.2, 0.25) is 0 Å². The number of benzene rings is 2. The number of carbonyl (C=O) groups is 1. The van der Waals surface area contributed by atoms with Crippen molar-refractivity contribution < 1.29 is 4.79 Å². The number of amides is 1. The van der Waals surface area contributed by atoms with Gasteiger partial charge in [-0.15, -0.1) is 5.10 Å². The van der Waals surface area contributed by atoms with E-state index in [0.717, 1.165) is 16.8 Å². The molecule has 0 spiro atoms. The van der Waals surface area contributed by atoms with Gasteiger partial charge >= 0.3 is 0 Å². The van der Waals surface area contributed by atoms with Gasteiger partial charge in [-0.3, -0.25) is 4.79 Å². The van der Waals surface area contributed by atoms with Crippen molar-refractivity contribution in [1.82, 2.24) is 19.7 Å². The Morgan fingerprint density at radius 2 is 1.96 bits per heavy atom. The summed E-state index contributed by atoms with van der Waals surface area (Å²) in [6, 6.07) is 19.4. The van der Waals surface area contributed by atoms with Gasteiger partial charge in [0.1, 0.15) is 6.54 Å². The Morgan fingerprint density at radius 3 is 2.64 bits per heavy atom. The lowest BCUT2D eigenvalue weighted by Crippen LogP contribution is -2.28. The maximum Gasteiger partial charge on any atom is 0.294 e. The summed E-state index contributed by atoms with van der Waals surface area (Å²) in [6.45, 7) is 1.98. The predicted molar refractivity (Wildman–Crippen MR) is 94.1 cm³/mol. The van der Waals surface area contributed by atoms with E-state index in [1.807, 2.05) is 67.6 Å². The van der Waals surface area contributed by atoms with Crippen LogP contribution < -0.4 is 0 Å². The first-order valence-corrected chi connectivity index (χ1v) is 7.82. The van der Waals surface area contributed by atoms with Crippen LogP contribution in [0.15, 0.2) is 54.6 Å². The number of nitrogens with zero attached hydrogens (tertiary/aromatic N) is 5. The molecule has 1 amide bonds. The lowest BCUT2D eigenvalue weighted by atomic mass is 10.2. The number of hydrogen-bond donors (Lipinski definition) is 0. The normalized spacial score (nSPS) is 10.3. The van der Waals surface area contributed by atoms with Crippen LogP contribution in [-0.2, 0) is 0 Å². The van der Waals surface area contributed by atoms with Crippen molar-refractivity contribution in [3.63, 3.8) is 0 Å². The average molecular weight is 331 g/mol. The van der Waals surface area contributed by atoms with Gasteiger partial charge in [0.25, 0.3) is 5.91 Å². The van der Waals surface area contributed by atoms with Crippen molar-refractivity contribution in [2.75, 3.05) is 13.6 Å². The molecule has 0 fully saturated rings. The number of carbonyl (C=O) groups excluding carboxylic acids is 1. The second-order valence-electron chi connectivity index (χ2n) is 5.70. The third kappa shape index (κ3) is 3.40. The number of aryl methyl sites for hydroxylation is 1. The maximum absolute atomic E-state index is 12.5. The highest BCUT2D eigenvalue weighted by atomic mass is 16.2. The molecule has 124 valence electrons. The van der Waals surface area contributed by atoms with Crippen LogP contribution in [0.4, 0.5) is 0 Å². The Labute approximate surface area is 146 Å². The molecule has 0 aliphatic carbocycles. The Bertz CT molecular complexity index is 940. The minimum Gasteiger partial charge on any atom is -0.326 e. The Hall–Kier alpha value is -3.46. The summed E-state index contributed by atoms with van der Waals surface area (Å²) < 4.78 is 1.66. The molecule has 6 nitrogen and oxygen atoms in total. The van der Waals surface area contributed by atoms with E-state index in [2.05, 4.69) is 10.1 Å². The first-order chi connectivity index (χ1) is 12.1. The molecule has 0 bridgehead atoms. The van der Waals surface area contributed by atoms with Gasteiger partial charge in [0.05, 0.1) is 11.8 Å². The van der Waals surface area contributed by atoms with Crippen LogP contribution in [0.1, 0.15) is 16.2 Å². The molecular formula is C19H17N5O. The fraction of sp³-hybridized carbons (Fsp3) is 0.158. The zero-order valence-electron chi connectivity index (χ0n) is 14.0. The van der Waals surface area contributed by atoms with E-state index in [4.69, 9.17) is 5.26 Å². The van der Waals surface area contributed by atoms with E-state index >= 15 is 0 Å². The van der Waals surface area contributed by atoms with Crippen LogP contribution in [0.3, 0.4) is 0 Å². The van der Waals surface area contributed by atoms with Crippen LogP contribution >= 0.6 is 0 Å². The Balaban J connectivity index is 2.13. The van der Waals surface area contributed by atoms with Crippen molar-refractivity contribution in [2.24, 2.45) is 0 Å². The predicted octanol–water partition coefficient (Wildman–Crippen LogP) is 2.84. The highest BCUT2D eigenvalue weighted by Gasteiger charge is 2.21. The fourth-order valence-electron chi connectivity index (χ4n) is 2.47. The summed E-state index contributed by atoms with van der Waals surface area (Å²) >= 11 is 0. The molecule has 1 aromatic heterocycles. The van der Waals surface area contributed by atoms with E-state index in [0.29, 0.717) is 5.82 Å². The third-order valence-electron chi connectivity index (χ3n) is 3.73. The number of aromatic nitrogens is 3. The number of hydrogen-bond acceptors (Lipinski definition) is 4. The van der Waals surface area contributed by atoms with Crippen LogP contribution in [0, 0.1) is 18.3 Å². The largest absolute Gasteiger partial charge is 0.326 e. The highest BCUT2D eigenvalue weighted by molar-refractivity contribution is 5.91. The second kappa shape index (κ2) is 6.97. The van der Waals surface area contributed by atoms with Crippen molar-refractivity contribution in [3.8, 4) is 23.1 Å². The molecule has 25 heavy (non-hydrogen) atoms. The van der Waals surface area contributed by atoms with E-state index in [-0.39, 0.29) is 18.3 Å². The van der Waals surface area contributed by atoms with Gasteiger partial charge in [-0.1, -0.05) is 42.5 Å². The molecule has 3 aromatic rings. The molecule has 1 heterocycles. The maximum atomic E-state index is 12.5. The zero-order chi connectivity index (χ0) is 17.8. The smallest absolute Gasteiger partial charge is 0.294 e.